The number of allylic oxidation sites excluding steroid dienone is 2. The first kappa shape index (κ1) is 21.9. The molecule has 9 atom stereocenters. The van der Waals surface area contributed by atoms with E-state index in [1.54, 1.807) is 5.57 Å². The minimum atomic E-state index is -0.208. The maximum Gasteiger partial charge on any atom is 0.0577 e. The number of fused-ring (bicyclic) bond motifs is 5. The van der Waals surface area contributed by atoms with Crippen molar-refractivity contribution >= 4 is 0 Å². The van der Waals surface area contributed by atoms with Gasteiger partial charge in [0.05, 0.1) is 12.2 Å². The van der Waals surface area contributed by atoms with Gasteiger partial charge >= 0.3 is 0 Å². The first-order chi connectivity index (χ1) is 13.7. The van der Waals surface area contributed by atoms with E-state index in [1.165, 1.54) is 38.5 Å². The van der Waals surface area contributed by atoms with Gasteiger partial charge in [0.1, 0.15) is 0 Å². The summed E-state index contributed by atoms with van der Waals surface area (Å²) in [6, 6.07) is 0. The van der Waals surface area contributed by atoms with Crippen LogP contribution in [0.4, 0.5) is 0 Å². The second kappa shape index (κ2) is 7.97. The van der Waals surface area contributed by atoms with E-state index in [-0.39, 0.29) is 17.6 Å². The Morgan fingerprint density at radius 2 is 1.62 bits per heavy atom. The van der Waals surface area contributed by atoms with E-state index >= 15 is 0 Å². The molecular formula is C27H46O2. The summed E-state index contributed by atoms with van der Waals surface area (Å²) < 4.78 is 0. The normalized spacial score (nSPS) is 50.2. The fourth-order valence-corrected chi connectivity index (χ4v) is 8.81. The Balaban J connectivity index is 1.54. The zero-order valence-corrected chi connectivity index (χ0v) is 19.7. The Kier molecular flexibility index (Phi) is 6.01. The molecule has 29 heavy (non-hydrogen) atoms. The molecule has 0 bridgehead atoms. The molecule has 9 unspecified atom stereocenters. The predicted molar refractivity (Wildman–Crippen MR) is 120 cm³/mol. The molecule has 0 aliphatic heterocycles. The van der Waals surface area contributed by atoms with Crippen molar-refractivity contribution in [3.05, 3.63) is 11.6 Å². The lowest BCUT2D eigenvalue weighted by Crippen LogP contribution is -2.58. The molecule has 4 rings (SSSR count). The minimum absolute atomic E-state index is 0.192. The van der Waals surface area contributed by atoms with Crippen molar-refractivity contribution < 1.29 is 10.2 Å². The molecular weight excluding hydrogens is 356 g/mol. The molecule has 0 spiro atoms. The number of hydrogen-bond acceptors (Lipinski definition) is 2. The van der Waals surface area contributed by atoms with Gasteiger partial charge < -0.3 is 10.2 Å². The lowest BCUT2D eigenvalue weighted by Gasteiger charge is -2.62. The molecule has 4 saturated carbocycles. The Bertz CT molecular complexity index is 624. The van der Waals surface area contributed by atoms with E-state index in [2.05, 4.69) is 40.7 Å². The largest absolute Gasteiger partial charge is 0.393 e. The van der Waals surface area contributed by atoms with E-state index in [0.29, 0.717) is 17.3 Å². The van der Waals surface area contributed by atoms with E-state index in [1.807, 2.05) is 0 Å². The van der Waals surface area contributed by atoms with Gasteiger partial charge in [-0.3, -0.25) is 0 Å². The summed E-state index contributed by atoms with van der Waals surface area (Å²) in [7, 11) is 0. The fourth-order valence-electron chi connectivity index (χ4n) is 8.81. The molecule has 4 aliphatic carbocycles. The summed E-state index contributed by atoms with van der Waals surface area (Å²) >= 11 is 0. The fraction of sp³-hybridized carbons (Fsp3) is 0.926. The molecule has 2 nitrogen and oxygen atoms in total. The van der Waals surface area contributed by atoms with E-state index in [0.717, 1.165) is 49.4 Å². The van der Waals surface area contributed by atoms with E-state index < -0.39 is 0 Å². The number of hydrogen-bond donors (Lipinski definition) is 2. The van der Waals surface area contributed by atoms with Crippen LogP contribution >= 0.6 is 0 Å². The highest BCUT2D eigenvalue weighted by Crippen LogP contribution is 2.68. The van der Waals surface area contributed by atoms with Gasteiger partial charge in [0, 0.05) is 0 Å². The van der Waals surface area contributed by atoms with Gasteiger partial charge in [-0.1, -0.05) is 39.3 Å². The summed E-state index contributed by atoms with van der Waals surface area (Å²) in [6.07, 6.45) is 13.9. The lowest BCUT2D eigenvalue weighted by molar-refractivity contribution is -0.169. The van der Waals surface area contributed by atoms with Crippen LogP contribution < -0.4 is 0 Å². The smallest absolute Gasteiger partial charge is 0.0577 e. The van der Waals surface area contributed by atoms with Crippen molar-refractivity contribution in [2.24, 2.45) is 46.3 Å². The quantitative estimate of drug-likeness (QED) is 0.537. The van der Waals surface area contributed by atoms with Crippen molar-refractivity contribution in [1.29, 1.82) is 0 Å². The van der Waals surface area contributed by atoms with Gasteiger partial charge in [-0.15, -0.1) is 0 Å². The third-order valence-electron chi connectivity index (χ3n) is 10.4. The van der Waals surface area contributed by atoms with Crippen LogP contribution in [0.25, 0.3) is 0 Å². The van der Waals surface area contributed by atoms with Gasteiger partial charge in [-0.05, 0) is 117 Å². The van der Waals surface area contributed by atoms with Crippen LogP contribution in [0.3, 0.4) is 0 Å². The van der Waals surface area contributed by atoms with Gasteiger partial charge in [0.2, 0.25) is 0 Å². The van der Waals surface area contributed by atoms with Crippen LogP contribution in [0, 0.1) is 46.3 Å². The second-order valence-corrected chi connectivity index (χ2v) is 12.3. The second-order valence-electron chi connectivity index (χ2n) is 12.3. The van der Waals surface area contributed by atoms with Gasteiger partial charge in [0.25, 0.3) is 0 Å². The lowest BCUT2D eigenvalue weighted by atomic mass is 9.44. The Morgan fingerprint density at radius 1 is 0.931 bits per heavy atom. The molecule has 0 amide bonds. The topological polar surface area (TPSA) is 40.5 Å². The molecule has 0 radical (unpaired) electrons. The van der Waals surface area contributed by atoms with Crippen LogP contribution in [0.2, 0.25) is 0 Å². The van der Waals surface area contributed by atoms with Crippen molar-refractivity contribution in [2.45, 2.75) is 111 Å². The monoisotopic (exact) mass is 402 g/mol. The highest BCUT2D eigenvalue weighted by molar-refractivity contribution is 5.17. The highest BCUT2D eigenvalue weighted by atomic mass is 16.3. The van der Waals surface area contributed by atoms with Crippen LogP contribution in [0.15, 0.2) is 11.6 Å². The first-order valence-electron chi connectivity index (χ1n) is 12.7. The Morgan fingerprint density at radius 3 is 2.34 bits per heavy atom. The van der Waals surface area contributed by atoms with E-state index in [9.17, 15) is 10.2 Å². The van der Waals surface area contributed by atoms with Gasteiger partial charge in [-0.2, -0.15) is 0 Å². The van der Waals surface area contributed by atoms with Crippen molar-refractivity contribution in [1.82, 2.24) is 0 Å². The molecule has 0 aromatic rings. The average molecular weight is 403 g/mol. The number of aliphatic hydroxyl groups excluding tert-OH is 2. The molecule has 0 aromatic carbocycles. The third kappa shape index (κ3) is 3.65. The standard InChI is InChI=1S/C27H46O2/c1-17(2)7-6-8-18(3)21-9-10-22-20-16-25(29)24-15-19(28)11-13-27(24,5)23(20)12-14-26(21,22)4/h8,17,19-25,28-29H,6-7,9-16H2,1-5H3. The molecule has 166 valence electrons. The van der Waals surface area contributed by atoms with Crippen molar-refractivity contribution in [2.75, 3.05) is 0 Å². The molecule has 0 saturated heterocycles. The van der Waals surface area contributed by atoms with Crippen molar-refractivity contribution in [3.63, 3.8) is 0 Å². The Labute approximate surface area is 179 Å². The molecule has 4 fully saturated rings. The zero-order valence-electron chi connectivity index (χ0n) is 19.7. The molecule has 0 heterocycles. The van der Waals surface area contributed by atoms with E-state index in [4.69, 9.17) is 0 Å². The molecule has 4 aliphatic rings. The maximum absolute atomic E-state index is 11.2. The zero-order chi connectivity index (χ0) is 21.0. The summed E-state index contributed by atoms with van der Waals surface area (Å²) in [4.78, 5) is 0. The first-order valence-corrected chi connectivity index (χ1v) is 12.7. The third-order valence-corrected chi connectivity index (χ3v) is 10.4. The summed E-state index contributed by atoms with van der Waals surface area (Å²) in [5.74, 6) is 4.06. The average Bonchev–Trinajstić information content (AvgIpc) is 3.00. The summed E-state index contributed by atoms with van der Waals surface area (Å²) in [5, 5.41) is 21.4. The molecule has 0 aromatic heterocycles. The number of rotatable bonds is 4. The predicted octanol–water partition coefficient (Wildman–Crippen LogP) is 6.36. The van der Waals surface area contributed by atoms with Gasteiger partial charge in [-0.25, -0.2) is 0 Å². The van der Waals surface area contributed by atoms with Crippen LogP contribution in [-0.2, 0) is 0 Å². The number of aliphatic hydroxyl groups is 2. The van der Waals surface area contributed by atoms with Crippen LogP contribution in [-0.4, -0.2) is 22.4 Å². The minimum Gasteiger partial charge on any atom is -0.393 e. The van der Waals surface area contributed by atoms with Crippen LogP contribution in [0.1, 0.15) is 98.8 Å². The van der Waals surface area contributed by atoms with Crippen LogP contribution in [0.5, 0.6) is 0 Å². The van der Waals surface area contributed by atoms with Gasteiger partial charge in [0.15, 0.2) is 0 Å². The molecule has 2 heteroatoms. The Hall–Kier alpha value is -0.340. The van der Waals surface area contributed by atoms with Crippen molar-refractivity contribution in [3.8, 4) is 0 Å². The maximum atomic E-state index is 11.2. The molecule has 2 N–H and O–H groups in total. The highest BCUT2D eigenvalue weighted by Gasteiger charge is 2.62. The SMILES string of the molecule is CC(=CCCC(C)C)C1CCC2C3CC(O)C4CC(O)CCC4(C)C3CCC12C. The summed E-state index contributed by atoms with van der Waals surface area (Å²) in [6.45, 7) is 12.1. The summed E-state index contributed by atoms with van der Waals surface area (Å²) in [5.41, 5.74) is 2.31.